The monoisotopic (exact) mass is 349 g/mol. The highest BCUT2D eigenvalue weighted by Crippen LogP contribution is 2.31. The van der Waals surface area contributed by atoms with Gasteiger partial charge in [0.1, 0.15) is 12.4 Å². The minimum Gasteiger partial charge on any atom is -0.492 e. The molecule has 2 heteroatoms. The maximum Gasteiger partial charge on any atom is 0.119 e. The average Bonchev–Trinajstić information content (AvgIpc) is 3.21. The molecule has 0 amide bonds. The highest BCUT2D eigenvalue weighted by atomic mass is 16.5. The van der Waals surface area contributed by atoms with Gasteiger partial charge in [-0.05, 0) is 67.6 Å². The lowest BCUT2D eigenvalue weighted by Crippen LogP contribution is -2.25. The van der Waals surface area contributed by atoms with Crippen LogP contribution in [0.3, 0.4) is 0 Å². The molecule has 0 spiro atoms. The normalized spacial score (nSPS) is 14.4. The summed E-state index contributed by atoms with van der Waals surface area (Å²) in [4.78, 5) is 2.49. The van der Waals surface area contributed by atoms with Crippen molar-refractivity contribution >= 4 is 5.57 Å². The lowest BCUT2D eigenvalue weighted by Gasteiger charge is -2.16. The Morgan fingerprint density at radius 3 is 2.08 bits per heavy atom. The summed E-state index contributed by atoms with van der Waals surface area (Å²) in [7, 11) is 0. The van der Waals surface area contributed by atoms with E-state index in [0.717, 1.165) is 31.7 Å². The third-order valence-corrected chi connectivity index (χ3v) is 5.29. The molecule has 1 saturated heterocycles. The molecule has 26 heavy (non-hydrogen) atoms. The van der Waals surface area contributed by atoms with Crippen molar-refractivity contribution in [2.45, 2.75) is 39.5 Å². The maximum atomic E-state index is 5.96. The minimum absolute atomic E-state index is 0.774. The Bertz CT molecular complexity index is 691. The molecule has 3 rings (SSSR count). The number of benzene rings is 2. The molecule has 0 saturated carbocycles. The smallest absolute Gasteiger partial charge is 0.119 e. The summed E-state index contributed by atoms with van der Waals surface area (Å²) in [5.41, 5.74) is 5.45. The average molecular weight is 350 g/mol. The second kappa shape index (κ2) is 9.59. The second-order valence-corrected chi connectivity index (χ2v) is 6.97. The van der Waals surface area contributed by atoms with Crippen molar-refractivity contribution in [2.24, 2.45) is 0 Å². The number of hydrogen-bond donors (Lipinski definition) is 0. The Kier molecular flexibility index (Phi) is 6.90. The minimum atomic E-state index is 0.774. The highest BCUT2D eigenvalue weighted by Gasteiger charge is 2.12. The number of rotatable bonds is 8. The molecule has 0 radical (unpaired) electrons. The zero-order valence-electron chi connectivity index (χ0n) is 16.2. The van der Waals surface area contributed by atoms with E-state index in [0.29, 0.717) is 0 Å². The second-order valence-electron chi connectivity index (χ2n) is 6.97. The zero-order chi connectivity index (χ0) is 18.2. The Balaban J connectivity index is 1.73. The fraction of sp³-hybridized carbons (Fsp3) is 0.417. The van der Waals surface area contributed by atoms with E-state index in [1.807, 2.05) is 0 Å². The van der Waals surface area contributed by atoms with Gasteiger partial charge in [0.15, 0.2) is 0 Å². The van der Waals surface area contributed by atoms with Crippen LogP contribution in [0.2, 0.25) is 0 Å². The van der Waals surface area contributed by atoms with Crippen LogP contribution in [-0.2, 0) is 0 Å². The molecule has 0 atom stereocenters. The fourth-order valence-corrected chi connectivity index (χ4v) is 3.80. The summed E-state index contributed by atoms with van der Waals surface area (Å²) in [6.07, 6.45) is 4.82. The fourth-order valence-electron chi connectivity index (χ4n) is 3.80. The van der Waals surface area contributed by atoms with E-state index in [-0.39, 0.29) is 0 Å². The predicted molar refractivity (Wildman–Crippen MR) is 111 cm³/mol. The van der Waals surface area contributed by atoms with Crippen molar-refractivity contribution in [3.63, 3.8) is 0 Å². The van der Waals surface area contributed by atoms with Gasteiger partial charge in [0.25, 0.3) is 0 Å². The first kappa shape index (κ1) is 18.7. The summed E-state index contributed by atoms with van der Waals surface area (Å²) in [5, 5.41) is 0. The lowest BCUT2D eigenvalue weighted by molar-refractivity contribution is 0.238. The molecule has 0 N–H and O–H groups in total. The molecule has 138 valence electrons. The summed E-state index contributed by atoms with van der Waals surface area (Å²) >= 11 is 0. The van der Waals surface area contributed by atoms with Crippen molar-refractivity contribution in [2.75, 3.05) is 26.2 Å². The van der Waals surface area contributed by atoms with E-state index in [1.54, 1.807) is 0 Å². The molecule has 1 aliphatic rings. The lowest BCUT2D eigenvalue weighted by atomic mass is 9.90. The molecule has 0 aliphatic carbocycles. The highest BCUT2D eigenvalue weighted by molar-refractivity contribution is 5.82. The van der Waals surface area contributed by atoms with E-state index in [4.69, 9.17) is 4.74 Å². The topological polar surface area (TPSA) is 12.5 Å². The first-order valence-corrected chi connectivity index (χ1v) is 10.0. The standard InChI is InChI=1S/C24H31NO/c1-3-20(4-2)24(21-10-6-5-7-11-21)22-12-14-23(15-13-22)26-19-18-25-16-8-9-17-25/h5-7,10-15H,3-4,8-9,16-19H2,1-2H3. The largest absolute Gasteiger partial charge is 0.492 e. The van der Waals surface area contributed by atoms with E-state index < -0.39 is 0 Å². The molecule has 1 heterocycles. The molecule has 1 fully saturated rings. The maximum absolute atomic E-state index is 5.96. The molecule has 2 aromatic carbocycles. The molecule has 1 aliphatic heterocycles. The number of allylic oxidation sites excluding steroid dienone is 1. The number of ether oxygens (including phenoxy) is 1. The summed E-state index contributed by atoms with van der Waals surface area (Å²) in [6, 6.07) is 19.4. The van der Waals surface area contributed by atoms with Gasteiger partial charge in [-0.2, -0.15) is 0 Å². The van der Waals surface area contributed by atoms with Crippen LogP contribution in [0, 0.1) is 0 Å². The molecular weight excluding hydrogens is 318 g/mol. The van der Waals surface area contributed by atoms with Gasteiger partial charge < -0.3 is 4.74 Å². The van der Waals surface area contributed by atoms with Crippen molar-refractivity contribution in [3.05, 3.63) is 71.3 Å². The summed E-state index contributed by atoms with van der Waals surface area (Å²) in [6.45, 7) is 8.76. The zero-order valence-corrected chi connectivity index (χ0v) is 16.2. The Morgan fingerprint density at radius 2 is 1.46 bits per heavy atom. The SMILES string of the molecule is CCC(CC)=C(c1ccccc1)c1ccc(OCCN2CCCC2)cc1. The van der Waals surface area contributed by atoms with Gasteiger partial charge in [-0.3, -0.25) is 4.90 Å². The third-order valence-electron chi connectivity index (χ3n) is 5.29. The van der Waals surface area contributed by atoms with Crippen LogP contribution >= 0.6 is 0 Å². The summed E-state index contributed by atoms with van der Waals surface area (Å²) < 4.78 is 5.96. The van der Waals surface area contributed by atoms with Crippen LogP contribution in [0.1, 0.15) is 50.7 Å². The van der Waals surface area contributed by atoms with E-state index >= 15 is 0 Å². The molecule has 0 unspecified atom stereocenters. The number of nitrogens with zero attached hydrogens (tertiary/aromatic N) is 1. The molecule has 2 nitrogen and oxygen atoms in total. The van der Waals surface area contributed by atoms with E-state index in [1.165, 1.54) is 48.2 Å². The van der Waals surface area contributed by atoms with Gasteiger partial charge in [0, 0.05) is 6.54 Å². The van der Waals surface area contributed by atoms with Gasteiger partial charge in [-0.15, -0.1) is 0 Å². The van der Waals surface area contributed by atoms with E-state index in [9.17, 15) is 0 Å². The van der Waals surface area contributed by atoms with Crippen LogP contribution in [0.4, 0.5) is 0 Å². The third kappa shape index (κ3) is 4.76. The van der Waals surface area contributed by atoms with Crippen molar-refractivity contribution < 1.29 is 4.74 Å². The molecular formula is C24H31NO. The molecule has 0 bridgehead atoms. The number of likely N-dealkylation sites (tertiary alicyclic amines) is 1. The Labute approximate surface area is 158 Å². The Hall–Kier alpha value is -2.06. The van der Waals surface area contributed by atoms with Gasteiger partial charge in [0.05, 0.1) is 0 Å². The van der Waals surface area contributed by atoms with Gasteiger partial charge in [-0.25, -0.2) is 0 Å². The van der Waals surface area contributed by atoms with Crippen LogP contribution in [0.15, 0.2) is 60.2 Å². The number of hydrogen-bond acceptors (Lipinski definition) is 2. The molecule has 0 aromatic heterocycles. The van der Waals surface area contributed by atoms with Crippen LogP contribution < -0.4 is 4.74 Å². The first-order valence-electron chi connectivity index (χ1n) is 10.0. The Morgan fingerprint density at radius 1 is 0.846 bits per heavy atom. The van der Waals surface area contributed by atoms with Crippen molar-refractivity contribution in [1.29, 1.82) is 0 Å². The van der Waals surface area contributed by atoms with Crippen LogP contribution in [0.25, 0.3) is 5.57 Å². The summed E-state index contributed by atoms with van der Waals surface area (Å²) in [5.74, 6) is 0.968. The van der Waals surface area contributed by atoms with Crippen LogP contribution in [-0.4, -0.2) is 31.1 Å². The van der Waals surface area contributed by atoms with Crippen molar-refractivity contribution in [3.8, 4) is 5.75 Å². The van der Waals surface area contributed by atoms with Gasteiger partial charge in [-0.1, -0.05) is 61.9 Å². The van der Waals surface area contributed by atoms with Crippen molar-refractivity contribution in [1.82, 2.24) is 4.90 Å². The van der Waals surface area contributed by atoms with Crippen LogP contribution in [0.5, 0.6) is 5.75 Å². The quantitative estimate of drug-likeness (QED) is 0.598. The van der Waals surface area contributed by atoms with Gasteiger partial charge >= 0.3 is 0 Å². The predicted octanol–water partition coefficient (Wildman–Crippen LogP) is 5.78. The molecule has 2 aromatic rings. The van der Waals surface area contributed by atoms with E-state index in [2.05, 4.69) is 73.3 Å². The first-order chi connectivity index (χ1) is 12.8. The van der Waals surface area contributed by atoms with Gasteiger partial charge in [0.2, 0.25) is 0 Å².